The maximum Gasteiger partial charge on any atom is 0.395 e. The first kappa shape index (κ1) is 13.1. The molecule has 0 radical (unpaired) electrons. The van der Waals surface area contributed by atoms with E-state index in [0.717, 1.165) is 24.8 Å². The molecular weight excluding hydrogens is 241 g/mol. The van der Waals surface area contributed by atoms with E-state index < -0.39 is 18.4 Å². The Kier molecular flexibility index (Phi) is 3.73. The predicted octanol–water partition coefficient (Wildman–Crippen LogP) is 4.02. The Balaban J connectivity index is 2.05. The molecule has 0 saturated carbocycles. The van der Waals surface area contributed by atoms with Crippen molar-refractivity contribution in [2.45, 2.75) is 44.2 Å². The Hall–Kier alpha value is -1.32. The molecule has 0 aliphatic heterocycles. The van der Waals surface area contributed by atoms with Crippen LogP contribution >= 0.6 is 0 Å². The topological polar surface area (TPSA) is 17.1 Å². The van der Waals surface area contributed by atoms with Gasteiger partial charge in [0, 0.05) is 6.42 Å². The maximum absolute atomic E-state index is 12.1. The lowest BCUT2D eigenvalue weighted by molar-refractivity contribution is -0.152. The summed E-state index contributed by atoms with van der Waals surface area (Å²) in [4.78, 5) is 11.4. The second-order valence-electron chi connectivity index (χ2n) is 4.82. The number of fused-ring (bicyclic) bond motifs is 1. The van der Waals surface area contributed by atoms with Crippen molar-refractivity contribution < 1.29 is 18.0 Å². The van der Waals surface area contributed by atoms with E-state index in [4.69, 9.17) is 0 Å². The van der Waals surface area contributed by atoms with Gasteiger partial charge in [-0.3, -0.25) is 4.79 Å². The van der Waals surface area contributed by atoms with Gasteiger partial charge in [-0.1, -0.05) is 24.3 Å². The van der Waals surface area contributed by atoms with Gasteiger partial charge in [0.2, 0.25) is 0 Å². The van der Waals surface area contributed by atoms with Gasteiger partial charge in [-0.2, -0.15) is 13.2 Å². The maximum atomic E-state index is 12.1. The molecule has 0 N–H and O–H groups in total. The zero-order valence-electron chi connectivity index (χ0n) is 9.96. The molecule has 1 aliphatic rings. The number of halogens is 3. The van der Waals surface area contributed by atoms with E-state index in [1.54, 1.807) is 0 Å². The predicted molar refractivity (Wildman–Crippen MR) is 62.4 cm³/mol. The highest BCUT2D eigenvalue weighted by atomic mass is 19.4. The normalized spacial score (nSPS) is 19.4. The van der Waals surface area contributed by atoms with E-state index in [0.29, 0.717) is 0 Å². The third-order valence-corrected chi connectivity index (χ3v) is 3.37. The van der Waals surface area contributed by atoms with Crippen molar-refractivity contribution >= 4 is 5.78 Å². The minimum Gasteiger partial charge on any atom is -0.299 e. The van der Waals surface area contributed by atoms with Gasteiger partial charge in [-0.15, -0.1) is 0 Å². The Morgan fingerprint density at radius 1 is 1.28 bits per heavy atom. The molecular formula is C14H15F3O. The molecule has 4 heteroatoms. The van der Waals surface area contributed by atoms with Crippen molar-refractivity contribution in [3.63, 3.8) is 0 Å². The fourth-order valence-corrected chi connectivity index (χ4v) is 2.64. The second kappa shape index (κ2) is 5.12. The highest BCUT2D eigenvalue weighted by molar-refractivity contribution is 5.80. The summed E-state index contributed by atoms with van der Waals surface area (Å²) in [6.45, 7) is 0. The average molecular weight is 256 g/mol. The fourth-order valence-electron chi connectivity index (χ4n) is 2.64. The zero-order valence-corrected chi connectivity index (χ0v) is 9.96. The van der Waals surface area contributed by atoms with E-state index in [-0.39, 0.29) is 12.3 Å². The standard InChI is InChI=1S/C14H15F3O/c15-14(16,17)9-12(18)8-11-6-3-5-10-4-1-2-7-13(10)11/h1-2,4,7,11H,3,5-6,8-9H2. The Bertz CT molecular complexity index is 437. The van der Waals surface area contributed by atoms with Gasteiger partial charge in [0.15, 0.2) is 0 Å². The van der Waals surface area contributed by atoms with Crippen LogP contribution in [0.25, 0.3) is 0 Å². The summed E-state index contributed by atoms with van der Waals surface area (Å²) in [5, 5.41) is 0. The van der Waals surface area contributed by atoms with Crippen LogP contribution in [0.1, 0.15) is 42.7 Å². The molecule has 1 aromatic carbocycles. The summed E-state index contributed by atoms with van der Waals surface area (Å²) in [5.74, 6) is -0.742. The van der Waals surface area contributed by atoms with Gasteiger partial charge < -0.3 is 0 Å². The van der Waals surface area contributed by atoms with Crippen LogP contribution in [0.3, 0.4) is 0 Å². The van der Waals surface area contributed by atoms with Crippen LogP contribution in [0.2, 0.25) is 0 Å². The number of Topliss-reactive ketones (excluding diaryl/α,β-unsaturated/α-hetero) is 1. The highest BCUT2D eigenvalue weighted by Gasteiger charge is 2.32. The van der Waals surface area contributed by atoms with E-state index in [1.807, 2.05) is 24.3 Å². The smallest absolute Gasteiger partial charge is 0.299 e. The summed E-state index contributed by atoms with van der Waals surface area (Å²) >= 11 is 0. The third kappa shape index (κ3) is 3.34. The van der Waals surface area contributed by atoms with E-state index in [1.165, 1.54) is 5.56 Å². The summed E-state index contributed by atoms with van der Waals surface area (Å²) in [5.41, 5.74) is 2.23. The summed E-state index contributed by atoms with van der Waals surface area (Å²) in [6, 6.07) is 7.74. The van der Waals surface area contributed by atoms with Crippen LogP contribution in [0.5, 0.6) is 0 Å². The average Bonchev–Trinajstić information content (AvgIpc) is 2.27. The van der Waals surface area contributed by atoms with Gasteiger partial charge in [-0.05, 0) is 36.3 Å². The van der Waals surface area contributed by atoms with Crippen molar-refractivity contribution in [1.82, 2.24) is 0 Å². The number of hydrogen-bond donors (Lipinski definition) is 0. The third-order valence-electron chi connectivity index (χ3n) is 3.37. The highest BCUT2D eigenvalue weighted by Crippen LogP contribution is 2.35. The first-order chi connectivity index (χ1) is 8.46. The van der Waals surface area contributed by atoms with E-state index >= 15 is 0 Å². The van der Waals surface area contributed by atoms with Crippen molar-refractivity contribution in [3.05, 3.63) is 35.4 Å². The lowest BCUT2D eigenvalue weighted by atomic mass is 9.80. The van der Waals surface area contributed by atoms with Crippen molar-refractivity contribution in [1.29, 1.82) is 0 Å². The molecule has 0 amide bonds. The number of alkyl halides is 3. The Morgan fingerprint density at radius 3 is 2.72 bits per heavy atom. The number of benzene rings is 1. The van der Waals surface area contributed by atoms with Crippen LogP contribution in [0.15, 0.2) is 24.3 Å². The second-order valence-corrected chi connectivity index (χ2v) is 4.82. The molecule has 0 aromatic heterocycles. The van der Waals surface area contributed by atoms with Crippen molar-refractivity contribution in [2.75, 3.05) is 0 Å². The number of carbonyl (C=O) groups excluding carboxylic acids is 1. The van der Waals surface area contributed by atoms with E-state index in [2.05, 4.69) is 0 Å². The minimum atomic E-state index is -4.38. The molecule has 0 saturated heterocycles. The number of hydrogen-bond acceptors (Lipinski definition) is 1. The Labute approximate surface area is 104 Å². The number of ketones is 1. The van der Waals surface area contributed by atoms with Gasteiger partial charge in [0.1, 0.15) is 12.2 Å². The lowest BCUT2D eigenvalue weighted by Crippen LogP contribution is -2.19. The van der Waals surface area contributed by atoms with E-state index in [9.17, 15) is 18.0 Å². The number of carbonyl (C=O) groups is 1. The van der Waals surface area contributed by atoms with Crippen molar-refractivity contribution in [3.8, 4) is 0 Å². The summed E-state index contributed by atoms with van der Waals surface area (Å²) in [7, 11) is 0. The Morgan fingerprint density at radius 2 is 2.00 bits per heavy atom. The molecule has 1 nitrogen and oxygen atoms in total. The fraction of sp³-hybridized carbons (Fsp3) is 0.500. The first-order valence-electron chi connectivity index (χ1n) is 6.12. The molecule has 2 rings (SSSR count). The quantitative estimate of drug-likeness (QED) is 0.798. The van der Waals surface area contributed by atoms with Crippen LogP contribution in [0, 0.1) is 0 Å². The molecule has 1 aromatic rings. The van der Waals surface area contributed by atoms with Gasteiger partial charge >= 0.3 is 6.18 Å². The van der Waals surface area contributed by atoms with Gasteiger partial charge in [-0.25, -0.2) is 0 Å². The molecule has 1 aliphatic carbocycles. The molecule has 1 unspecified atom stereocenters. The summed E-state index contributed by atoms with van der Waals surface area (Å²) in [6.07, 6.45) is -2.96. The molecule has 0 fully saturated rings. The van der Waals surface area contributed by atoms with Crippen LogP contribution in [-0.2, 0) is 11.2 Å². The van der Waals surface area contributed by atoms with Crippen LogP contribution in [-0.4, -0.2) is 12.0 Å². The van der Waals surface area contributed by atoms with Crippen LogP contribution < -0.4 is 0 Å². The summed E-state index contributed by atoms with van der Waals surface area (Å²) < 4.78 is 36.4. The SMILES string of the molecule is O=C(CC1CCCc2ccccc21)CC(F)(F)F. The largest absolute Gasteiger partial charge is 0.395 e. The molecule has 0 heterocycles. The van der Waals surface area contributed by atoms with Crippen LogP contribution in [0.4, 0.5) is 13.2 Å². The van der Waals surface area contributed by atoms with Gasteiger partial charge in [0.25, 0.3) is 0 Å². The molecule has 0 bridgehead atoms. The van der Waals surface area contributed by atoms with Gasteiger partial charge in [0.05, 0.1) is 0 Å². The molecule has 18 heavy (non-hydrogen) atoms. The lowest BCUT2D eigenvalue weighted by Gasteiger charge is -2.25. The minimum absolute atomic E-state index is 0.0104. The molecule has 1 atom stereocenters. The molecule has 0 spiro atoms. The number of aryl methyl sites for hydroxylation is 1. The number of rotatable bonds is 3. The zero-order chi connectivity index (χ0) is 13.2. The van der Waals surface area contributed by atoms with Crippen molar-refractivity contribution in [2.24, 2.45) is 0 Å². The first-order valence-corrected chi connectivity index (χ1v) is 6.12. The monoisotopic (exact) mass is 256 g/mol. The molecule has 98 valence electrons.